The van der Waals surface area contributed by atoms with E-state index in [1.54, 1.807) is 6.92 Å². The maximum Gasteiger partial charge on any atom is 0.257 e. The molecule has 0 aliphatic carbocycles. The number of H-pyrrole nitrogens is 1. The number of carbonyl (C=O) groups is 1. The fourth-order valence-corrected chi connectivity index (χ4v) is 1.51. The van der Waals surface area contributed by atoms with Gasteiger partial charge in [-0.25, -0.2) is 0 Å². The van der Waals surface area contributed by atoms with E-state index in [1.807, 2.05) is 20.8 Å². The Hall–Kier alpha value is -1.33. The van der Waals surface area contributed by atoms with Gasteiger partial charge in [-0.05, 0) is 19.8 Å². The molecule has 0 saturated carbocycles. The molecule has 1 atom stereocenters. The number of amides is 1. The van der Waals surface area contributed by atoms with E-state index < -0.39 is 11.4 Å². The second-order valence-electron chi connectivity index (χ2n) is 5.12. The molecule has 6 heteroatoms. The molecule has 0 aliphatic heterocycles. The van der Waals surface area contributed by atoms with E-state index in [-0.39, 0.29) is 29.3 Å². The summed E-state index contributed by atoms with van der Waals surface area (Å²) < 4.78 is 0. The zero-order valence-electron chi connectivity index (χ0n) is 11.7. The molecule has 5 nitrogen and oxygen atoms in total. The van der Waals surface area contributed by atoms with E-state index in [0.717, 1.165) is 5.69 Å². The minimum absolute atomic E-state index is 0. The van der Waals surface area contributed by atoms with Crippen LogP contribution >= 0.6 is 12.4 Å². The first kappa shape index (κ1) is 17.7. The van der Waals surface area contributed by atoms with E-state index in [1.165, 1.54) is 12.3 Å². The number of nitrogens with one attached hydrogen (secondary N) is 2. The van der Waals surface area contributed by atoms with Gasteiger partial charge in [0, 0.05) is 24.5 Å². The van der Waals surface area contributed by atoms with Gasteiger partial charge in [-0.15, -0.1) is 12.4 Å². The monoisotopic (exact) mass is 287 g/mol. The lowest BCUT2D eigenvalue weighted by Crippen LogP contribution is -2.55. The maximum absolute atomic E-state index is 12.1. The molecule has 0 aromatic carbocycles. The number of nitrogens with two attached hydrogens (primary N) is 1. The summed E-state index contributed by atoms with van der Waals surface area (Å²) in [6.45, 7) is 7.92. The molecule has 1 unspecified atom stereocenters. The molecule has 0 aliphatic rings. The minimum Gasteiger partial charge on any atom is -0.364 e. The lowest BCUT2D eigenvalue weighted by Gasteiger charge is -2.33. The van der Waals surface area contributed by atoms with Crippen LogP contribution in [0.4, 0.5) is 0 Å². The molecule has 4 N–H and O–H groups in total. The van der Waals surface area contributed by atoms with Crippen molar-refractivity contribution in [2.75, 3.05) is 6.54 Å². The Morgan fingerprint density at radius 1 is 1.53 bits per heavy atom. The second kappa shape index (κ2) is 6.73. The van der Waals surface area contributed by atoms with Crippen LogP contribution in [0.1, 0.15) is 36.8 Å². The van der Waals surface area contributed by atoms with E-state index in [2.05, 4.69) is 10.3 Å². The Morgan fingerprint density at radius 2 is 2.11 bits per heavy atom. The Balaban J connectivity index is 0.00000324. The number of aryl methyl sites for hydroxylation is 1. The quantitative estimate of drug-likeness (QED) is 0.778. The highest BCUT2D eigenvalue weighted by Gasteiger charge is 2.29. The van der Waals surface area contributed by atoms with Crippen molar-refractivity contribution in [1.82, 2.24) is 10.3 Å². The summed E-state index contributed by atoms with van der Waals surface area (Å²) in [5.41, 5.74) is 5.73. The zero-order chi connectivity index (χ0) is 13.9. The Kier molecular flexibility index (Phi) is 6.25. The minimum atomic E-state index is -0.519. The topological polar surface area (TPSA) is 88.0 Å². The first-order valence-corrected chi connectivity index (χ1v) is 6.02. The standard InChI is InChI=1S/C13H21N3O2.ClH/c1-8(2)13(4,7-14)16-12(18)10-6-15-9(3)5-11(10)17;/h5-6,8H,7,14H2,1-4H3,(H,15,17)(H,16,18);1H. The van der Waals surface area contributed by atoms with Crippen LogP contribution in [-0.4, -0.2) is 23.0 Å². The van der Waals surface area contributed by atoms with E-state index >= 15 is 0 Å². The molecule has 1 aromatic rings. The summed E-state index contributed by atoms with van der Waals surface area (Å²) in [6, 6.07) is 1.41. The molecule has 1 heterocycles. The SMILES string of the molecule is Cc1cc(=O)c(C(=O)NC(C)(CN)C(C)C)c[nH]1.Cl. The predicted octanol–water partition coefficient (Wildman–Crippen LogP) is 1.21. The Morgan fingerprint density at radius 3 is 2.53 bits per heavy atom. The highest BCUT2D eigenvalue weighted by atomic mass is 35.5. The summed E-state index contributed by atoms with van der Waals surface area (Å²) in [6.07, 6.45) is 1.43. The summed E-state index contributed by atoms with van der Waals surface area (Å²) in [5, 5.41) is 2.84. The predicted molar refractivity (Wildman–Crippen MR) is 78.8 cm³/mol. The van der Waals surface area contributed by atoms with Gasteiger partial charge in [0.1, 0.15) is 5.56 Å². The van der Waals surface area contributed by atoms with Gasteiger partial charge in [0.05, 0.1) is 5.54 Å². The highest BCUT2D eigenvalue weighted by molar-refractivity contribution is 5.94. The summed E-state index contributed by atoms with van der Waals surface area (Å²) in [5.74, 6) is -0.214. The Labute approximate surface area is 119 Å². The maximum atomic E-state index is 12.1. The van der Waals surface area contributed by atoms with Crippen molar-refractivity contribution in [3.8, 4) is 0 Å². The van der Waals surface area contributed by atoms with Gasteiger partial charge >= 0.3 is 0 Å². The van der Waals surface area contributed by atoms with Gasteiger partial charge in [-0.2, -0.15) is 0 Å². The van der Waals surface area contributed by atoms with Gasteiger partial charge in [-0.1, -0.05) is 13.8 Å². The smallest absolute Gasteiger partial charge is 0.257 e. The first-order valence-electron chi connectivity index (χ1n) is 6.02. The molecule has 19 heavy (non-hydrogen) atoms. The number of rotatable bonds is 4. The molecular formula is C13H22ClN3O2. The third-order valence-electron chi connectivity index (χ3n) is 3.40. The first-order chi connectivity index (χ1) is 8.30. The van der Waals surface area contributed by atoms with E-state index in [4.69, 9.17) is 5.73 Å². The largest absolute Gasteiger partial charge is 0.364 e. The summed E-state index contributed by atoms with van der Waals surface area (Å²) in [4.78, 5) is 26.6. The third-order valence-corrected chi connectivity index (χ3v) is 3.40. The van der Waals surface area contributed by atoms with E-state index in [9.17, 15) is 9.59 Å². The molecule has 1 amide bonds. The van der Waals surface area contributed by atoms with E-state index in [0.29, 0.717) is 6.54 Å². The molecule has 0 bridgehead atoms. The number of carbonyl (C=O) groups excluding carboxylic acids is 1. The number of halogens is 1. The van der Waals surface area contributed by atoms with Crippen molar-refractivity contribution >= 4 is 18.3 Å². The van der Waals surface area contributed by atoms with Crippen LogP contribution in [0.2, 0.25) is 0 Å². The van der Waals surface area contributed by atoms with Crippen LogP contribution in [0.15, 0.2) is 17.1 Å². The third kappa shape index (κ3) is 4.08. The van der Waals surface area contributed by atoms with Gasteiger partial charge in [0.2, 0.25) is 0 Å². The highest BCUT2D eigenvalue weighted by Crippen LogP contribution is 2.15. The molecule has 0 radical (unpaired) electrons. The van der Waals surface area contributed by atoms with Crippen molar-refractivity contribution < 1.29 is 4.79 Å². The molecular weight excluding hydrogens is 266 g/mol. The van der Waals surface area contributed by atoms with Crippen molar-refractivity contribution in [3.63, 3.8) is 0 Å². The number of hydrogen-bond acceptors (Lipinski definition) is 3. The number of aromatic amines is 1. The van der Waals surface area contributed by atoms with Gasteiger partial charge < -0.3 is 16.0 Å². The molecule has 1 rings (SSSR count). The molecule has 0 fully saturated rings. The fraction of sp³-hybridized carbons (Fsp3) is 0.538. The number of hydrogen-bond donors (Lipinski definition) is 3. The van der Waals surface area contributed by atoms with Crippen LogP contribution in [0.5, 0.6) is 0 Å². The summed E-state index contributed by atoms with van der Waals surface area (Å²) in [7, 11) is 0. The van der Waals surface area contributed by atoms with Crippen LogP contribution in [0.25, 0.3) is 0 Å². The second-order valence-corrected chi connectivity index (χ2v) is 5.12. The average Bonchev–Trinajstić information content (AvgIpc) is 2.28. The van der Waals surface area contributed by atoms with Crippen LogP contribution < -0.4 is 16.5 Å². The van der Waals surface area contributed by atoms with Crippen LogP contribution in [-0.2, 0) is 0 Å². The molecule has 108 valence electrons. The lowest BCUT2D eigenvalue weighted by atomic mass is 9.88. The number of aromatic nitrogens is 1. The van der Waals surface area contributed by atoms with Crippen molar-refractivity contribution in [2.24, 2.45) is 11.7 Å². The zero-order valence-corrected chi connectivity index (χ0v) is 12.6. The van der Waals surface area contributed by atoms with Crippen molar-refractivity contribution in [3.05, 3.63) is 33.7 Å². The van der Waals surface area contributed by atoms with Crippen LogP contribution in [0, 0.1) is 12.8 Å². The Bertz CT molecular complexity index is 499. The van der Waals surface area contributed by atoms with Gasteiger partial charge in [0.25, 0.3) is 5.91 Å². The van der Waals surface area contributed by atoms with Gasteiger partial charge in [-0.3, -0.25) is 9.59 Å². The van der Waals surface area contributed by atoms with Crippen LogP contribution in [0.3, 0.4) is 0 Å². The molecule has 1 aromatic heterocycles. The molecule has 0 spiro atoms. The van der Waals surface area contributed by atoms with Crippen molar-refractivity contribution in [2.45, 2.75) is 33.2 Å². The average molecular weight is 288 g/mol. The van der Waals surface area contributed by atoms with Gasteiger partial charge in [0.15, 0.2) is 5.43 Å². The molecule has 0 saturated heterocycles. The normalized spacial score (nSPS) is 13.6. The number of pyridine rings is 1. The fourth-order valence-electron chi connectivity index (χ4n) is 1.51. The van der Waals surface area contributed by atoms with Crippen molar-refractivity contribution in [1.29, 1.82) is 0 Å². The summed E-state index contributed by atoms with van der Waals surface area (Å²) >= 11 is 0. The lowest BCUT2D eigenvalue weighted by molar-refractivity contribution is 0.0881.